The monoisotopic (exact) mass is 952 g/mol. The maximum atomic E-state index is 14.7. The maximum Gasteiger partial charge on any atom is 0.226 e. The van der Waals surface area contributed by atoms with Crippen LogP contribution in [0.1, 0.15) is 143 Å². The largest absolute Gasteiger partial charge is 0.379 e. The first-order chi connectivity index (χ1) is 31.8. The third-order valence-corrected chi connectivity index (χ3v) is 15.4. The van der Waals surface area contributed by atoms with Crippen molar-refractivity contribution < 1.29 is 38.2 Å². The summed E-state index contributed by atoms with van der Waals surface area (Å²) in [6.45, 7) is 16.6. The van der Waals surface area contributed by atoms with E-state index in [1.807, 2.05) is 83.9 Å². The minimum absolute atomic E-state index is 0.0149. The van der Waals surface area contributed by atoms with E-state index >= 15 is 0 Å². The van der Waals surface area contributed by atoms with Crippen LogP contribution in [0.15, 0.2) is 41.9 Å². The SMILES string of the molecule is CC[C@H](C)[C@@H](C(CC(=O)N1CCCC1C(OC)[C@@H](C)C(=O)CC(Cc1ccccc1)c1nccs1)OC)N(C)C(=O)C(CC(=O)[C@H](C(C)C)N(C)C(=O)CCC(=O)C(C)CCCCN)C(C)C. The Hall–Kier alpha value is -3.85. The van der Waals surface area contributed by atoms with E-state index in [-0.39, 0.29) is 96.4 Å². The lowest BCUT2D eigenvalue weighted by atomic mass is 9.83. The summed E-state index contributed by atoms with van der Waals surface area (Å²) in [4.78, 5) is 93.4. The van der Waals surface area contributed by atoms with E-state index in [2.05, 4.69) is 17.1 Å². The molecule has 1 saturated heterocycles. The number of carbonyl (C=O) groups is 6. The second-order valence-electron chi connectivity index (χ2n) is 19.9. The number of thiazole rings is 1. The van der Waals surface area contributed by atoms with Crippen LogP contribution in [-0.2, 0) is 44.7 Å². The fraction of sp³-hybridized carbons (Fsp3) is 0.717. The number of methoxy groups -OCH3 is 2. The van der Waals surface area contributed by atoms with Gasteiger partial charge in [-0.25, -0.2) is 4.98 Å². The van der Waals surface area contributed by atoms with E-state index in [0.717, 1.165) is 36.3 Å². The van der Waals surface area contributed by atoms with Gasteiger partial charge in [-0.05, 0) is 62.0 Å². The number of unbranched alkanes of at least 4 members (excludes halogenated alkanes) is 1. The van der Waals surface area contributed by atoms with E-state index in [9.17, 15) is 28.8 Å². The molecule has 3 rings (SSSR count). The van der Waals surface area contributed by atoms with E-state index in [1.165, 1.54) is 4.90 Å². The normalized spacial score (nSPS) is 18.1. The number of hydrogen-bond acceptors (Lipinski definition) is 11. The van der Waals surface area contributed by atoms with Gasteiger partial charge in [0.25, 0.3) is 0 Å². The molecule has 1 aromatic heterocycles. The summed E-state index contributed by atoms with van der Waals surface area (Å²) in [5.74, 6) is -2.63. The summed E-state index contributed by atoms with van der Waals surface area (Å²) in [5.41, 5.74) is 6.75. The van der Waals surface area contributed by atoms with Gasteiger partial charge in [0, 0.05) is 95.8 Å². The van der Waals surface area contributed by atoms with E-state index in [1.54, 1.807) is 50.7 Å². The van der Waals surface area contributed by atoms with Gasteiger partial charge in [0.2, 0.25) is 17.7 Å². The number of aromatic nitrogens is 1. The van der Waals surface area contributed by atoms with Crippen LogP contribution < -0.4 is 5.73 Å². The molecule has 14 heteroatoms. The summed E-state index contributed by atoms with van der Waals surface area (Å²) in [6.07, 6.45) is 6.30. The molecule has 1 aliphatic rings. The number of likely N-dealkylation sites (tertiary alicyclic amines) is 1. The molecule has 1 aromatic carbocycles. The lowest BCUT2D eigenvalue weighted by Gasteiger charge is -2.41. The van der Waals surface area contributed by atoms with Crippen LogP contribution in [0.4, 0.5) is 0 Å². The molecule has 10 atom stereocenters. The smallest absolute Gasteiger partial charge is 0.226 e. The van der Waals surface area contributed by atoms with Crippen molar-refractivity contribution in [1.82, 2.24) is 19.7 Å². The summed E-state index contributed by atoms with van der Waals surface area (Å²) < 4.78 is 12.2. The van der Waals surface area contributed by atoms with Crippen LogP contribution in [0.2, 0.25) is 0 Å². The average Bonchev–Trinajstić information content (AvgIpc) is 4.03. The zero-order valence-electron chi connectivity index (χ0n) is 42.9. The molecule has 2 N–H and O–H groups in total. The standard InChI is InChI=1S/C53H85N5O8S/c1-13-36(6)50(57(10)53(64)41(34(2)3)32-45(61)49(35(4)5)56(9)47(62)25-24-43(59)37(7)20-17-18-26-54)46(65-11)33-48(63)58-28-19-23-42(58)51(66-12)38(8)44(60)31-40(52-55-27-29-67-52)30-39-21-15-14-16-22-39/h14-16,21-22,27,29,34-38,40-42,46,49-51H,13,17-20,23-26,28,30-33,54H2,1-12H3/t36-,37?,38-,40?,41?,42?,46?,49-,50-,51?/m0/s1. The van der Waals surface area contributed by atoms with Crippen LogP contribution in [0.25, 0.3) is 0 Å². The molecular weight excluding hydrogens is 867 g/mol. The quantitative estimate of drug-likeness (QED) is 0.0728. The minimum Gasteiger partial charge on any atom is -0.379 e. The lowest BCUT2D eigenvalue weighted by Crippen LogP contribution is -2.54. The topological polar surface area (TPSA) is 170 Å². The Morgan fingerprint density at radius 3 is 2.10 bits per heavy atom. The van der Waals surface area contributed by atoms with Gasteiger partial charge in [0.15, 0.2) is 5.78 Å². The van der Waals surface area contributed by atoms with Crippen LogP contribution in [-0.4, -0.2) is 126 Å². The molecule has 1 aliphatic heterocycles. The molecule has 0 aliphatic carbocycles. The van der Waals surface area contributed by atoms with Crippen molar-refractivity contribution in [2.24, 2.45) is 41.2 Å². The van der Waals surface area contributed by atoms with E-state index in [4.69, 9.17) is 15.2 Å². The number of Topliss-reactive ketones (excluding diaryl/α,β-unsaturated/α-hetero) is 3. The van der Waals surface area contributed by atoms with Crippen molar-refractivity contribution in [3.05, 3.63) is 52.5 Å². The van der Waals surface area contributed by atoms with Gasteiger partial charge in [0.05, 0.1) is 41.8 Å². The molecule has 376 valence electrons. The molecule has 3 amide bonds. The molecule has 0 spiro atoms. The van der Waals surface area contributed by atoms with Crippen molar-refractivity contribution in [3.8, 4) is 0 Å². The number of carbonyl (C=O) groups excluding carboxylic acids is 6. The molecule has 2 aromatic rings. The van der Waals surface area contributed by atoms with E-state index in [0.29, 0.717) is 38.8 Å². The Labute approximate surface area is 406 Å². The summed E-state index contributed by atoms with van der Waals surface area (Å²) >= 11 is 1.56. The van der Waals surface area contributed by atoms with E-state index < -0.39 is 36.1 Å². The molecule has 1 fully saturated rings. The highest BCUT2D eigenvalue weighted by atomic mass is 32.1. The first kappa shape index (κ1) is 57.5. The van der Waals surface area contributed by atoms with Crippen molar-refractivity contribution in [3.63, 3.8) is 0 Å². The van der Waals surface area contributed by atoms with Gasteiger partial charge >= 0.3 is 0 Å². The lowest BCUT2D eigenvalue weighted by molar-refractivity contribution is -0.149. The summed E-state index contributed by atoms with van der Waals surface area (Å²) in [6, 6.07) is 8.56. The Bertz CT molecular complexity index is 1840. The molecule has 13 nitrogen and oxygen atoms in total. The summed E-state index contributed by atoms with van der Waals surface area (Å²) in [5, 5.41) is 2.86. The average molecular weight is 952 g/mol. The highest BCUT2D eigenvalue weighted by molar-refractivity contribution is 7.09. The molecule has 0 radical (unpaired) electrons. The molecular formula is C53H85N5O8S. The van der Waals surface area contributed by atoms with Gasteiger partial charge in [0.1, 0.15) is 11.6 Å². The molecule has 67 heavy (non-hydrogen) atoms. The highest BCUT2D eigenvalue weighted by Gasteiger charge is 2.44. The predicted molar refractivity (Wildman–Crippen MR) is 266 cm³/mol. The van der Waals surface area contributed by atoms with Crippen LogP contribution in [0, 0.1) is 35.5 Å². The predicted octanol–water partition coefficient (Wildman–Crippen LogP) is 8.18. The zero-order chi connectivity index (χ0) is 50.0. The second kappa shape index (κ2) is 28.6. The number of amides is 3. The second-order valence-corrected chi connectivity index (χ2v) is 20.8. The Morgan fingerprint density at radius 1 is 0.851 bits per heavy atom. The molecule has 6 unspecified atom stereocenters. The van der Waals surface area contributed by atoms with Crippen LogP contribution >= 0.6 is 11.3 Å². The number of benzene rings is 1. The van der Waals surface area contributed by atoms with Gasteiger partial charge in [-0.15, -0.1) is 11.3 Å². The fourth-order valence-corrected chi connectivity index (χ4v) is 10.9. The zero-order valence-corrected chi connectivity index (χ0v) is 43.7. The third-order valence-electron chi connectivity index (χ3n) is 14.5. The number of nitrogens with two attached hydrogens (primary N) is 1. The first-order valence-electron chi connectivity index (χ1n) is 24.9. The van der Waals surface area contributed by atoms with Crippen molar-refractivity contribution >= 4 is 46.4 Å². The molecule has 0 bridgehead atoms. The third kappa shape index (κ3) is 16.4. The minimum atomic E-state index is -0.769. The number of nitrogens with zero attached hydrogens (tertiary/aromatic N) is 4. The van der Waals surface area contributed by atoms with Gasteiger partial charge in [-0.3, -0.25) is 28.8 Å². The van der Waals surface area contributed by atoms with Crippen LogP contribution in [0.5, 0.6) is 0 Å². The van der Waals surface area contributed by atoms with Crippen LogP contribution in [0.3, 0.4) is 0 Å². The van der Waals surface area contributed by atoms with Crippen molar-refractivity contribution in [2.75, 3.05) is 41.4 Å². The fourth-order valence-electron chi connectivity index (χ4n) is 10.2. The number of likely N-dealkylation sites (N-methyl/N-ethyl adjacent to an activating group) is 2. The van der Waals surface area contributed by atoms with Gasteiger partial charge in [-0.1, -0.05) is 98.6 Å². The van der Waals surface area contributed by atoms with Crippen molar-refractivity contribution in [2.45, 2.75) is 169 Å². The molecule has 0 saturated carbocycles. The maximum absolute atomic E-state index is 14.7. The Kier molecular flexibility index (Phi) is 24.5. The van der Waals surface area contributed by atoms with Crippen molar-refractivity contribution in [1.29, 1.82) is 0 Å². The number of rotatable bonds is 31. The summed E-state index contributed by atoms with van der Waals surface area (Å²) in [7, 11) is 6.53. The molecule has 2 heterocycles. The number of hydrogen-bond donors (Lipinski definition) is 1. The highest BCUT2D eigenvalue weighted by Crippen LogP contribution is 2.34. The Morgan fingerprint density at radius 2 is 1.54 bits per heavy atom. The Balaban J connectivity index is 1.76. The number of ketones is 3. The number of ether oxygens (including phenoxy) is 2. The van der Waals surface area contributed by atoms with Gasteiger partial charge < -0.3 is 29.9 Å². The first-order valence-corrected chi connectivity index (χ1v) is 25.8. The van der Waals surface area contributed by atoms with Gasteiger partial charge in [-0.2, -0.15) is 0 Å².